The van der Waals surface area contributed by atoms with Crippen molar-refractivity contribution in [3.05, 3.63) is 23.8 Å². The van der Waals surface area contributed by atoms with E-state index in [1.807, 2.05) is 6.07 Å². The number of esters is 1. The number of nitrogens with zero attached hydrogens (tertiary/aromatic N) is 1. The van der Waals surface area contributed by atoms with Gasteiger partial charge in [0.1, 0.15) is 6.04 Å². The summed E-state index contributed by atoms with van der Waals surface area (Å²) in [5.74, 6) is -0.397. The molecule has 1 unspecified atom stereocenters. The molecule has 2 rings (SSSR count). The second kappa shape index (κ2) is 8.39. The Morgan fingerprint density at radius 1 is 1.15 bits per heavy atom. The van der Waals surface area contributed by atoms with Gasteiger partial charge in [0.05, 0.1) is 32.8 Å². The first-order valence-corrected chi connectivity index (χ1v) is 9.92. The molecule has 1 amide bonds. The van der Waals surface area contributed by atoms with E-state index in [4.69, 9.17) is 9.47 Å². The molecule has 1 atom stereocenters. The zero-order valence-electron chi connectivity index (χ0n) is 15.1. The van der Waals surface area contributed by atoms with Crippen molar-refractivity contribution in [3.63, 3.8) is 0 Å². The predicted octanol–water partition coefficient (Wildman–Crippen LogP) is 0.435. The van der Waals surface area contributed by atoms with Crippen LogP contribution in [0.1, 0.15) is 12.0 Å². The summed E-state index contributed by atoms with van der Waals surface area (Å²) in [6.07, 6.45) is 0.569. The van der Waals surface area contributed by atoms with E-state index in [2.05, 4.69) is 4.74 Å². The summed E-state index contributed by atoms with van der Waals surface area (Å²) < 4.78 is 38.6. The molecule has 0 bridgehead atoms. The van der Waals surface area contributed by atoms with Crippen LogP contribution in [-0.2, 0) is 30.6 Å². The van der Waals surface area contributed by atoms with E-state index in [1.54, 1.807) is 19.2 Å². The van der Waals surface area contributed by atoms with Crippen LogP contribution < -0.4 is 9.47 Å². The van der Waals surface area contributed by atoms with Gasteiger partial charge in [-0.1, -0.05) is 6.07 Å². The Bertz CT molecular complexity index is 775. The van der Waals surface area contributed by atoms with Crippen LogP contribution >= 0.6 is 0 Å². The highest BCUT2D eigenvalue weighted by atomic mass is 32.2. The summed E-state index contributed by atoms with van der Waals surface area (Å²) in [6.45, 7) is -0.00708. The summed E-state index contributed by atoms with van der Waals surface area (Å²) in [4.78, 5) is 25.7. The molecule has 1 aliphatic rings. The number of carbonyl (C=O) groups excluding carboxylic acids is 2. The van der Waals surface area contributed by atoms with Gasteiger partial charge in [-0.05, 0) is 24.1 Å². The second-order valence-electron chi connectivity index (χ2n) is 5.93. The summed E-state index contributed by atoms with van der Waals surface area (Å²) in [7, 11) is 0.884. The Labute approximate surface area is 152 Å². The number of benzene rings is 1. The Kier molecular flexibility index (Phi) is 6.47. The molecule has 26 heavy (non-hydrogen) atoms. The SMILES string of the molecule is COC(=O)C1CS(=O)(=O)CCN1C(=O)CCc1ccc(OC)c(OC)c1. The second-order valence-corrected chi connectivity index (χ2v) is 8.16. The van der Waals surface area contributed by atoms with Gasteiger partial charge < -0.3 is 19.1 Å². The summed E-state index contributed by atoms with van der Waals surface area (Å²) >= 11 is 0. The highest BCUT2D eigenvalue weighted by molar-refractivity contribution is 7.91. The van der Waals surface area contributed by atoms with Crippen molar-refractivity contribution in [1.82, 2.24) is 4.90 Å². The first-order chi connectivity index (χ1) is 12.3. The highest BCUT2D eigenvalue weighted by Gasteiger charge is 2.38. The Balaban J connectivity index is 2.07. The van der Waals surface area contributed by atoms with Gasteiger partial charge in [-0.3, -0.25) is 4.79 Å². The number of aryl methyl sites for hydroxylation is 1. The smallest absolute Gasteiger partial charge is 0.329 e. The zero-order chi connectivity index (χ0) is 19.3. The van der Waals surface area contributed by atoms with Crippen molar-refractivity contribution in [3.8, 4) is 11.5 Å². The number of carbonyl (C=O) groups is 2. The first kappa shape index (κ1) is 20.0. The van der Waals surface area contributed by atoms with Crippen molar-refractivity contribution < 1.29 is 32.2 Å². The van der Waals surface area contributed by atoms with Gasteiger partial charge in [-0.25, -0.2) is 13.2 Å². The van der Waals surface area contributed by atoms with Crippen molar-refractivity contribution in [2.75, 3.05) is 39.4 Å². The molecule has 1 saturated heterocycles. The van der Waals surface area contributed by atoms with Gasteiger partial charge in [0, 0.05) is 13.0 Å². The fourth-order valence-electron chi connectivity index (χ4n) is 2.87. The van der Waals surface area contributed by atoms with Crippen molar-refractivity contribution in [2.45, 2.75) is 18.9 Å². The van der Waals surface area contributed by atoms with E-state index in [0.29, 0.717) is 17.9 Å². The van der Waals surface area contributed by atoms with Gasteiger partial charge in [0.15, 0.2) is 21.3 Å². The van der Waals surface area contributed by atoms with Gasteiger partial charge in [-0.2, -0.15) is 0 Å². The van der Waals surface area contributed by atoms with Crippen LogP contribution in [0.3, 0.4) is 0 Å². The molecule has 144 valence electrons. The largest absolute Gasteiger partial charge is 0.493 e. The van der Waals surface area contributed by atoms with Gasteiger partial charge in [-0.15, -0.1) is 0 Å². The lowest BCUT2D eigenvalue weighted by Gasteiger charge is -2.33. The lowest BCUT2D eigenvalue weighted by Crippen LogP contribution is -2.55. The van der Waals surface area contributed by atoms with E-state index >= 15 is 0 Å². The standard InChI is InChI=1S/C17H23NO7S/c1-23-14-6-4-12(10-15(14)24-2)5-7-16(19)18-8-9-26(21,22)11-13(18)17(20)25-3/h4,6,10,13H,5,7-9,11H2,1-3H3. The van der Waals surface area contributed by atoms with Crippen LogP contribution in [-0.4, -0.2) is 70.6 Å². The molecule has 1 aromatic carbocycles. The lowest BCUT2D eigenvalue weighted by molar-refractivity contribution is -0.152. The maximum absolute atomic E-state index is 12.6. The minimum Gasteiger partial charge on any atom is -0.493 e. The van der Waals surface area contributed by atoms with Crippen LogP contribution in [0.4, 0.5) is 0 Å². The highest BCUT2D eigenvalue weighted by Crippen LogP contribution is 2.28. The molecule has 1 fully saturated rings. The van der Waals surface area contributed by atoms with Crippen LogP contribution in [0.5, 0.6) is 11.5 Å². The van der Waals surface area contributed by atoms with E-state index in [1.165, 1.54) is 19.1 Å². The average molecular weight is 385 g/mol. The summed E-state index contributed by atoms with van der Waals surface area (Å²) in [5.41, 5.74) is 0.871. The molecular weight excluding hydrogens is 362 g/mol. The molecule has 0 aromatic heterocycles. The Morgan fingerprint density at radius 3 is 2.46 bits per heavy atom. The normalized spacial score (nSPS) is 18.9. The van der Waals surface area contributed by atoms with Gasteiger partial charge in [0.2, 0.25) is 5.91 Å². The Hall–Kier alpha value is -2.29. The molecule has 0 saturated carbocycles. The molecule has 1 aliphatic heterocycles. The molecule has 1 heterocycles. The van der Waals surface area contributed by atoms with Crippen LogP contribution in [0.25, 0.3) is 0 Å². The Morgan fingerprint density at radius 2 is 1.85 bits per heavy atom. The molecule has 0 radical (unpaired) electrons. The lowest BCUT2D eigenvalue weighted by atomic mass is 10.1. The number of rotatable bonds is 6. The number of amides is 1. The van der Waals surface area contributed by atoms with Crippen molar-refractivity contribution >= 4 is 21.7 Å². The zero-order valence-corrected chi connectivity index (χ0v) is 15.9. The fourth-order valence-corrected chi connectivity index (χ4v) is 4.31. The molecule has 0 spiro atoms. The van der Waals surface area contributed by atoms with Crippen LogP contribution in [0.2, 0.25) is 0 Å². The van der Waals surface area contributed by atoms with E-state index < -0.39 is 27.6 Å². The predicted molar refractivity (Wildman–Crippen MR) is 94.0 cm³/mol. The maximum atomic E-state index is 12.6. The van der Waals surface area contributed by atoms with Gasteiger partial charge in [0.25, 0.3) is 0 Å². The molecule has 8 nitrogen and oxygen atoms in total. The summed E-state index contributed by atoms with van der Waals surface area (Å²) in [6, 6.07) is 4.28. The molecule has 0 aliphatic carbocycles. The van der Waals surface area contributed by atoms with E-state index in [9.17, 15) is 18.0 Å². The molecule has 9 heteroatoms. The minimum atomic E-state index is -3.36. The number of hydrogen-bond donors (Lipinski definition) is 0. The third-order valence-electron chi connectivity index (χ3n) is 4.30. The first-order valence-electron chi connectivity index (χ1n) is 8.10. The number of methoxy groups -OCH3 is 3. The van der Waals surface area contributed by atoms with Crippen LogP contribution in [0.15, 0.2) is 18.2 Å². The average Bonchev–Trinajstić information content (AvgIpc) is 2.64. The maximum Gasteiger partial charge on any atom is 0.329 e. The number of sulfone groups is 1. The monoisotopic (exact) mass is 385 g/mol. The van der Waals surface area contributed by atoms with Crippen LogP contribution in [0, 0.1) is 0 Å². The number of ether oxygens (including phenoxy) is 3. The van der Waals surface area contributed by atoms with Crippen molar-refractivity contribution in [2.24, 2.45) is 0 Å². The molecule has 0 N–H and O–H groups in total. The van der Waals surface area contributed by atoms with Gasteiger partial charge >= 0.3 is 5.97 Å². The third kappa shape index (κ3) is 4.66. The summed E-state index contributed by atoms with van der Waals surface area (Å²) in [5, 5.41) is 0. The van der Waals surface area contributed by atoms with Crippen molar-refractivity contribution in [1.29, 1.82) is 0 Å². The molecule has 1 aromatic rings. The third-order valence-corrected chi connectivity index (χ3v) is 5.93. The fraction of sp³-hybridized carbons (Fsp3) is 0.529. The molecular formula is C17H23NO7S. The quantitative estimate of drug-likeness (QED) is 0.655. The number of hydrogen-bond acceptors (Lipinski definition) is 7. The topological polar surface area (TPSA) is 99.2 Å². The van der Waals surface area contributed by atoms with E-state index in [-0.39, 0.29) is 24.6 Å². The van der Waals surface area contributed by atoms with E-state index in [0.717, 1.165) is 5.56 Å². The minimum absolute atomic E-state index is 0.00708.